The maximum atomic E-state index is 13.7. The van der Waals surface area contributed by atoms with E-state index in [0.29, 0.717) is 0 Å². The second kappa shape index (κ2) is 6.41. The van der Waals surface area contributed by atoms with Crippen LogP contribution in [0.25, 0.3) is 0 Å². The maximum Gasteiger partial charge on any atom is 0.262 e. The molecule has 0 heterocycles. The third-order valence-corrected chi connectivity index (χ3v) is 5.49. The summed E-state index contributed by atoms with van der Waals surface area (Å²) >= 11 is 2.82. The zero-order valence-corrected chi connectivity index (χ0v) is 14.3. The minimum Gasteiger partial charge on any atom is -0.339 e. The van der Waals surface area contributed by atoms with E-state index < -0.39 is 25.7 Å². The van der Waals surface area contributed by atoms with E-state index in [9.17, 15) is 17.6 Å². The Bertz CT molecular complexity index is 636. The molecule has 112 valence electrons. The van der Waals surface area contributed by atoms with Gasteiger partial charge >= 0.3 is 0 Å². The number of carbonyl (C=O) groups excluding carboxylic acids is 1. The molecule has 0 aromatic heterocycles. The molecule has 0 spiro atoms. The van der Waals surface area contributed by atoms with E-state index in [1.54, 1.807) is 7.05 Å². The van der Waals surface area contributed by atoms with Gasteiger partial charge in [0, 0.05) is 29.3 Å². The van der Waals surface area contributed by atoms with Gasteiger partial charge in [0.25, 0.3) is 15.0 Å². The highest BCUT2D eigenvalue weighted by Crippen LogP contribution is 2.29. The zero-order valence-electron chi connectivity index (χ0n) is 11.2. The van der Waals surface area contributed by atoms with Gasteiger partial charge in [0.1, 0.15) is 10.7 Å². The highest BCUT2D eigenvalue weighted by atomic mass is 79.9. The summed E-state index contributed by atoms with van der Waals surface area (Å²) in [6, 6.07) is 2.00. The first-order valence-electron chi connectivity index (χ1n) is 5.80. The third-order valence-electron chi connectivity index (χ3n) is 3.08. The number of hydrogen-bond donors (Lipinski definition) is 0. The quantitative estimate of drug-likeness (QED) is 0.745. The molecule has 1 unspecified atom stereocenters. The molecular weight excluding hydrogens is 373 g/mol. The van der Waals surface area contributed by atoms with Crippen molar-refractivity contribution in [3.8, 4) is 0 Å². The highest BCUT2D eigenvalue weighted by molar-refractivity contribution is 9.10. The van der Waals surface area contributed by atoms with Crippen molar-refractivity contribution in [2.75, 3.05) is 7.05 Å². The monoisotopic (exact) mass is 385 g/mol. The molecule has 8 heteroatoms. The summed E-state index contributed by atoms with van der Waals surface area (Å²) in [4.78, 5) is 13.2. The topological polar surface area (TPSA) is 54.5 Å². The van der Waals surface area contributed by atoms with Gasteiger partial charge in [-0.25, -0.2) is 12.8 Å². The van der Waals surface area contributed by atoms with E-state index in [2.05, 4.69) is 15.9 Å². The Labute approximate surface area is 130 Å². The van der Waals surface area contributed by atoms with E-state index in [1.165, 1.54) is 4.90 Å². The van der Waals surface area contributed by atoms with Gasteiger partial charge in [-0.1, -0.05) is 6.92 Å². The average molecular weight is 387 g/mol. The van der Waals surface area contributed by atoms with Gasteiger partial charge in [-0.2, -0.15) is 0 Å². The fourth-order valence-electron chi connectivity index (χ4n) is 1.54. The van der Waals surface area contributed by atoms with Crippen LogP contribution in [0, 0.1) is 5.82 Å². The predicted molar refractivity (Wildman–Crippen MR) is 79.0 cm³/mol. The number of nitrogens with zero attached hydrogens (tertiary/aromatic N) is 1. The Morgan fingerprint density at radius 1 is 1.50 bits per heavy atom. The fourth-order valence-corrected chi connectivity index (χ4v) is 3.63. The number of hydrogen-bond acceptors (Lipinski definition) is 3. The van der Waals surface area contributed by atoms with Crippen molar-refractivity contribution in [1.82, 2.24) is 4.90 Å². The van der Waals surface area contributed by atoms with Gasteiger partial charge in [0.15, 0.2) is 0 Å². The number of amides is 1. The molecule has 0 saturated heterocycles. The number of halogens is 3. The molecule has 0 aliphatic rings. The molecule has 4 nitrogen and oxygen atoms in total. The summed E-state index contributed by atoms with van der Waals surface area (Å²) in [7, 11) is 2.66. The largest absolute Gasteiger partial charge is 0.339 e. The van der Waals surface area contributed by atoms with E-state index in [-0.39, 0.29) is 16.1 Å². The van der Waals surface area contributed by atoms with Crippen LogP contribution in [0.2, 0.25) is 0 Å². The van der Waals surface area contributed by atoms with Crippen LogP contribution in [-0.4, -0.2) is 32.3 Å². The van der Waals surface area contributed by atoms with Crippen molar-refractivity contribution in [3.05, 3.63) is 28.0 Å². The smallest absolute Gasteiger partial charge is 0.262 e. The second-order valence-electron chi connectivity index (χ2n) is 4.38. The normalized spacial score (nSPS) is 13.1. The molecule has 1 aromatic rings. The van der Waals surface area contributed by atoms with Crippen LogP contribution in [0.1, 0.15) is 30.6 Å². The third kappa shape index (κ3) is 3.71. The summed E-state index contributed by atoms with van der Waals surface area (Å²) in [6.45, 7) is 3.75. The molecule has 1 amide bonds. The first kappa shape index (κ1) is 17.4. The van der Waals surface area contributed by atoms with Crippen molar-refractivity contribution in [2.45, 2.75) is 31.2 Å². The lowest BCUT2D eigenvalue weighted by molar-refractivity contribution is 0.0739. The molecule has 1 rings (SSSR count). The Kier molecular flexibility index (Phi) is 5.57. The first-order valence-corrected chi connectivity index (χ1v) is 8.90. The average Bonchev–Trinajstić information content (AvgIpc) is 2.37. The summed E-state index contributed by atoms with van der Waals surface area (Å²) in [5, 5.41) is 0. The molecule has 0 bridgehead atoms. The van der Waals surface area contributed by atoms with Gasteiger partial charge in [0.2, 0.25) is 0 Å². The number of rotatable bonds is 4. The molecule has 0 aliphatic carbocycles. The Morgan fingerprint density at radius 2 is 2.05 bits per heavy atom. The van der Waals surface area contributed by atoms with Gasteiger partial charge in [0.05, 0.1) is 4.47 Å². The van der Waals surface area contributed by atoms with Gasteiger partial charge < -0.3 is 4.90 Å². The minimum atomic E-state index is -4.15. The van der Waals surface area contributed by atoms with E-state index in [0.717, 1.165) is 18.6 Å². The van der Waals surface area contributed by atoms with Crippen molar-refractivity contribution in [3.63, 3.8) is 0 Å². The predicted octanol–water partition coefficient (Wildman–Crippen LogP) is 3.39. The van der Waals surface area contributed by atoms with Crippen LogP contribution in [-0.2, 0) is 9.05 Å². The van der Waals surface area contributed by atoms with Gasteiger partial charge in [-0.15, -0.1) is 0 Å². The molecule has 0 aliphatic heterocycles. The zero-order chi connectivity index (χ0) is 15.7. The second-order valence-corrected chi connectivity index (χ2v) is 7.71. The SMILES string of the molecule is CCC(C)N(C)C(=O)c1cc(F)c(Br)c(S(=O)(=O)Cl)c1. The summed E-state index contributed by atoms with van der Waals surface area (Å²) in [5.41, 5.74) is -0.0623. The van der Waals surface area contributed by atoms with Crippen LogP contribution in [0.15, 0.2) is 21.5 Å². The molecule has 1 atom stereocenters. The maximum absolute atomic E-state index is 13.7. The van der Waals surface area contributed by atoms with Crippen molar-refractivity contribution >= 4 is 41.6 Å². The lowest BCUT2D eigenvalue weighted by Crippen LogP contribution is -2.34. The Balaban J connectivity index is 3.35. The number of carbonyl (C=O) groups is 1. The Hall–Kier alpha value is -0.660. The van der Waals surface area contributed by atoms with Crippen LogP contribution < -0.4 is 0 Å². The summed E-state index contributed by atoms with van der Waals surface area (Å²) < 4.78 is 36.2. The molecule has 0 radical (unpaired) electrons. The van der Waals surface area contributed by atoms with Crippen molar-refractivity contribution < 1.29 is 17.6 Å². The van der Waals surface area contributed by atoms with E-state index in [1.807, 2.05) is 13.8 Å². The molecule has 0 N–H and O–H groups in total. The Morgan fingerprint density at radius 3 is 2.50 bits per heavy atom. The van der Waals surface area contributed by atoms with Crippen molar-refractivity contribution in [1.29, 1.82) is 0 Å². The van der Waals surface area contributed by atoms with Crippen LogP contribution in [0.4, 0.5) is 4.39 Å². The standard InChI is InChI=1S/C12H14BrClFNO3S/c1-4-7(2)16(3)12(17)8-5-9(15)11(13)10(6-8)20(14,18)19/h5-7H,4H2,1-3H3. The van der Waals surface area contributed by atoms with E-state index >= 15 is 0 Å². The van der Waals surface area contributed by atoms with Crippen LogP contribution in [0.3, 0.4) is 0 Å². The molecule has 1 aromatic carbocycles. The molecular formula is C12H14BrClFNO3S. The lowest BCUT2D eigenvalue weighted by Gasteiger charge is -2.24. The first-order chi connectivity index (χ1) is 9.09. The van der Waals surface area contributed by atoms with Gasteiger partial charge in [-0.3, -0.25) is 4.79 Å². The van der Waals surface area contributed by atoms with Crippen molar-refractivity contribution in [2.24, 2.45) is 0 Å². The van der Waals surface area contributed by atoms with Crippen LogP contribution in [0.5, 0.6) is 0 Å². The molecule has 0 saturated carbocycles. The lowest BCUT2D eigenvalue weighted by atomic mass is 10.1. The molecule has 0 fully saturated rings. The summed E-state index contributed by atoms with van der Waals surface area (Å²) in [5.74, 6) is -1.32. The fraction of sp³-hybridized carbons (Fsp3) is 0.417. The molecule has 20 heavy (non-hydrogen) atoms. The minimum absolute atomic E-state index is 0.0507. The summed E-state index contributed by atoms with van der Waals surface area (Å²) in [6.07, 6.45) is 0.724. The highest BCUT2D eigenvalue weighted by Gasteiger charge is 2.23. The van der Waals surface area contributed by atoms with Gasteiger partial charge in [-0.05, 0) is 41.4 Å². The van der Waals surface area contributed by atoms with Crippen LogP contribution >= 0.6 is 26.6 Å². The van der Waals surface area contributed by atoms with E-state index in [4.69, 9.17) is 10.7 Å². The number of benzene rings is 1.